The molecule has 0 saturated carbocycles. The first-order valence-corrected chi connectivity index (χ1v) is 9.38. The van der Waals surface area contributed by atoms with Crippen molar-refractivity contribution in [2.45, 2.75) is 26.3 Å². The molecule has 1 saturated heterocycles. The van der Waals surface area contributed by atoms with Crippen molar-refractivity contribution in [1.82, 2.24) is 8.61 Å². The van der Waals surface area contributed by atoms with E-state index in [1.165, 1.54) is 4.31 Å². The molecule has 0 aromatic heterocycles. The van der Waals surface area contributed by atoms with Gasteiger partial charge >= 0.3 is 0 Å². The second-order valence-electron chi connectivity index (χ2n) is 6.03. The first-order valence-electron chi connectivity index (χ1n) is 7.99. The molecule has 130 valence electrons. The Kier molecular flexibility index (Phi) is 5.89. The number of ether oxygens (including phenoxy) is 1. The molecule has 7 heteroatoms. The molecule has 1 fully saturated rings. The Morgan fingerprint density at radius 3 is 2.48 bits per heavy atom. The van der Waals surface area contributed by atoms with Crippen LogP contribution >= 0.6 is 0 Å². The second kappa shape index (κ2) is 7.51. The zero-order chi connectivity index (χ0) is 17.0. The summed E-state index contributed by atoms with van der Waals surface area (Å²) in [5.41, 5.74) is 1.02. The van der Waals surface area contributed by atoms with Crippen molar-refractivity contribution in [2.75, 3.05) is 45.2 Å². The summed E-state index contributed by atoms with van der Waals surface area (Å²) >= 11 is 0. The summed E-state index contributed by atoms with van der Waals surface area (Å²) in [4.78, 5) is 2.20. The zero-order valence-corrected chi connectivity index (χ0v) is 15.2. The summed E-state index contributed by atoms with van der Waals surface area (Å²) in [6.07, 6.45) is 0.795. The van der Waals surface area contributed by atoms with Crippen LogP contribution in [0, 0.1) is 0 Å². The van der Waals surface area contributed by atoms with Crippen molar-refractivity contribution in [3.8, 4) is 5.75 Å². The van der Waals surface area contributed by atoms with Crippen molar-refractivity contribution in [2.24, 2.45) is 0 Å². The fraction of sp³-hybridized carbons (Fsp3) is 0.625. The van der Waals surface area contributed by atoms with E-state index < -0.39 is 10.2 Å². The Labute approximate surface area is 139 Å². The van der Waals surface area contributed by atoms with E-state index in [0.717, 1.165) is 24.4 Å². The van der Waals surface area contributed by atoms with Crippen LogP contribution in [-0.2, 0) is 10.2 Å². The van der Waals surface area contributed by atoms with Gasteiger partial charge in [-0.05, 0) is 32.4 Å². The molecule has 1 aromatic carbocycles. The van der Waals surface area contributed by atoms with Gasteiger partial charge in [0.1, 0.15) is 5.75 Å². The molecule has 2 rings (SSSR count). The van der Waals surface area contributed by atoms with Crippen molar-refractivity contribution in [1.29, 1.82) is 0 Å². The minimum absolute atomic E-state index is 0.0476. The second-order valence-corrected chi connectivity index (χ2v) is 8.02. The van der Waals surface area contributed by atoms with Crippen molar-refractivity contribution < 1.29 is 13.2 Å². The SMILES string of the molecule is COc1ccccc1N1CCCN(S(=O)(=O)N(C)C(C)C)CC1. The van der Waals surface area contributed by atoms with Crippen molar-refractivity contribution in [3.05, 3.63) is 24.3 Å². The Hall–Kier alpha value is -1.31. The van der Waals surface area contributed by atoms with Crippen molar-refractivity contribution >= 4 is 15.9 Å². The van der Waals surface area contributed by atoms with Gasteiger partial charge in [0.2, 0.25) is 0 Å². The van der Waals surface area contributed by atoms with E-state index >= 15 is 0 Å². The zero-order valence-electron chi connectivity index (χ0n) is 14.4. The normalized spacial score (nSPS) is 17.6. The van der Waals surface area contributed by atoms with Gasteiger partial charge in [0.05, 0.1) is 12.8 Å². The van der Waals surface area contributed by atoms with Crippen LogP contribution in [0.1, 0.15) is 20.3 Å². The topological polar surface area (TPSA) is 53.1 Å². The van der Waals surface area contributed by atoms with Crippen LogP contribution in [0.2, 0.25) is 0 Å². The van der Waals surface area contributed by atoms with Gasteiger partial charge in [0.25, 0.3) is 10.2 Å². The molecule has 1 aliphatic rings. The maximum absolute atomic E-state index is 12.7. The maximum atomic E-state index is 12.7. The first kappa shape index (κ1) is 18.0. The third-order valence-corrected chi connectivity index (χ3v) is 6.47. The highest BCUT2D eigenvalue weighted by Gasteiger charge is 2.30. The average molecular weight is 341 g/mol. The van der Waals surface area contributed by atoms with Gasteiger partial charge in [0, 0.05) is 39.3 Å². The third kappa shape index (κ3) is 3.97. The van der Waals surface area contributed by atoms with E-state index in [-0.39, 0.29) is 6.04 Å². The molecule has 0 atom stereocenters. The highest BCUT2D eigenvalue weighted by molar-refractivity contribution is 7.86. The lowest BCUT2D eigenvalue weighted by molar-refractivity contribution is 0.343. The van der Waals surface area contributed by atoms with Gasteiger partial charge in [-0.25, -0.2) is 0 Å². The molecule has 23 heavy (non-hydrogen) atoms. The Morgan fingerprint density at radius 1 is 1.13 bits per heavy atom. The van der Waals surface area contributed by atoms with Crippen LogP contribution in [-0.4, -0.2) is 63.4 Å². The predicted molar refractivity (Wildman–Crippen MR) is 93.2 cm³/mol. The van der Waals surface area contributed by atoms with E-state index in [1.54, 1.807) is 18.5 Å². The number of para-hydroxylation sites is 2. The molecule has 0 aliphatic carbocycles. The van der Waals surface area contributed by atoms with Gasteiger partial charge in [-0.15, -0.1) is 0 Å². The molecule has 0 spiro atoms. The number of nitrogens with zero attached hydrogens (tertiary/aromatic N) is 3. The number of hydrogen-bond acceptors (Lipinski definition) is 4. The number of hydrogen-bond donors (Lipinski definition) is 0. The van der Waals surface area contributed by atoms with Crippen LogP contribution in [0.15, 0.2) is 24.3 Å². The number of benzene rings is 1. The minimum atomic E-state index is -3.40. The van der Waals surface area contributed by atoms with Gasteiger partial charge in [-0.2, -0.15) is 17.0 Å². The lowest BCUT2D eigenvalue weighted by atomic mass is 10.2. The molecule has 0 amide bonds. The first-order chi connectivity index (χ1) is 10.9. The highest BCUT2D eigenvalue weighted by Crippen LogP contribution is 2.28. The maximum Gasteiger partial charge on any atom is 0.282 e. The molecule has 0 radical (unpaired) electrons. The van der Waals surface area contributed by atoms with Crippen LogP contribution in [0.4, 0.5) is 5.69 Å². The van der Waals surface area contributed by atoms with E-state index in [9.17, 15) is 8.42 Å². The predicted octanol–water partition coefficient (Wildman–Crippen LogP) is 1.79. The Bertz CT molecular complexity index is 619. The summed E-state index contributed by atoms with van der Waals surface area (Å²) in [6.45, 7) is 6.28. The molecular weight excluding hydrogens is 314 g/mol. The quantitative estimate of drug-likeness (QED) is 0.819. The molecule has 0 unspecified atom stereocenters. The van der Waals surface area contributed by atoms with Gasteiger partial charge < -0.3 is 9.64 Å². The highest BCUT2D eigenvalue weighted by atomic mass is 32.2. The molecule has 1 heterocycles. The fourth-order valence-electron chi connectivity index (χ4n) is 2.70. The van der Waals surface area contributed by atoms with Crippen LogP contribution in [0.3, 0.4) is 0 Å². The van der Waals surface area contributed by atoms with E-state index in [4.69, 9.17) is 4.74 Å². The Balaban J connectivity index is 2.14. The van der Waals surface area contributed by atoms with E-state index in [2.05, 4.69) is 4.90 Å². The number of methoxy groups -OCH3 is 1. The fourth-order valence-corrected chi connectivity index (χ4v) is 4.27. The largest absolute Gasteiger partial charge is 0.495 e. The lowest BCUT2D eigenvalue weighted by Crippen LogP contribution is -2.46. The van der Waals surface area contributed by atoms with Crippen LogP contribution < -0.4 is 9.64 Å². The number of rotatable bonds is 5. The average Bonchev–Trinajstić information content (AvgIpc) is 2.80. The smallest absolute Gasteiger partial charge is 0.282 e. The molecule has 0 bridgehead atoms. The van der Waals surface area contributed by atoms with Crippen LogP contribution in [0.25, 0.3) is 0 Å². The molecular formula is C16H27N3O3S. The molecule has 1 aliphatic heterocycles. The Morgan fingerprint density at radius 2 is 1.83 bits per heavy atom. The van der Waals surface area contributed by atoms with Gasteiger partial charge in [-0.3, -0.25) is 0 Å². The van der Waals surface area contributed by atoms with E-state index in [1.807, 2.05) is 38.1 Å². The number of anilines is 1. The van der Waals surface area contributed by atoms with E-state index in [0.29, 0.717) is 19.6 Å². The summed E-state index contributed by atoms with van der Waals surface area (Å²) in [7, 11) is -0.0977. The third-order valence-electron chi connectivity index (χ3n) is 4.30. The molecule has 6 nitrogen and oxygen atoms in total. The van der Waals surface area contributed by atoms with Crippen molar-refractivity contribution in [3.63, 3.8) is 0 Å². The summed E-state index contributed by atoms with van der Waals surface area (Å²) in [5.74, 6) is 0.822. The van der Waals surface area contributed by atoms with Crippen LogP contribution in [0.5, 0.6) is 5.75 Å². The summed E-state index contributed by atoms with van der Waals surface area (Å²) in [5, 5.41) is 0. The monoisotopic (exact) mass is 341 g/mol. The lowest BCUT2D eigenvalue weighted by Gasteiger charge is -2.29. The standard InChI is InChI=1S/C16H27N3O3S/c1-14(2)17(3)23(20,21)19-11-7-10-18(12-13-19)15-8-5-6-9-16(15)22-4/h5-6,8-9,14H,7,10-13H2,1-4H3. The van der Waals surface area contributed by atoms with Gasteiger partial charge in [-0.1, -0.05) is 12.1 Å². The summed E-state index contributed by atoms with van der Waals surface area (Å²) in [6, 6.07) is 7.82. The van der Waals surface area contributed by atoms with Gasteiger partial charge in [0.15, 0.2) is 0 Å². The minimum Gasteiger partial charge on any atom is -0.495 e. The summed E-state index contributed by atoms with van der Waals surface area (Å²) < 4.78 is 33.8. The molecule has 0 N–H and O–H groups in total. The molecule has 1 aromatic rings.